The minimum Gasteiger partial charge on any atom is -0.493 e. The van der Waals surface area contributed by atoms with E-state index < -0.39 is 0 Å². The topological polar surface area (TPSA) is 53.1 Å². The van der Waals surface area contributed by atoms with Crippen LogP contribution in [0.25, 0.3) is 11.0 Å². The Morgan fingerprint density at radius 2 is 2.05 bits per heavy atom. The van der Waals surface area contributed by atoms with Crippen LogP contribution in [0.15, 0.2) is 42.5 Å². The monoisotopic (exact) mass is 283 g/mol. The van der Waals surface area contributed by atoms with Gasteiger partial charge in [-0.3, -0.25) is 0 Å². The summed E-state index contributed by atoms with van der Waals surface area (Å²) in [6, 6.07) is 12.8. The molecule has 0 aliphatic carbocycles. The van der Waals surface area contributed by atoms with Crippen molar-refractivity contribution in [2.75, 3.05) is 12.3 Å². The maximum atomic E-state index is 13.9. The molecule has 4 rings (SSSR count). The van der Waals surface area contributed by atoms with Crippen molar-refractivity contribution in [3.05, 3.63) is 53.8 Å². The number of aromatic nitrogens is 2. The molecular weight excluding hydrogens is 269 g/mol. The molecule has 0 spiro atoms. The fourth-order valence-electron chi connectivity index (χ4n) is 3.02. The third kappa shape index (κ3) is 1.77. The fraction of sp³-hybridized carbons (Fsp3) is 0.188. The third-order valence-corrected chi connectivity index (χ3v) is 3.94. The number of imidazole rings is 1. The van der Waals surface area contributed by atoms with Crippen molar-refractivity contribution in [2.45, 2.75) is 12.5 Å². The van der Waals surface area contributed by atoms with Crippen LogP contribution in [-0.2, 0) is 0 Å². The zero-order valence-electron chi connectivity index (χ0n) is 11.3. The van der Waals surface area contributed by atoms with Gasteiger partial charge in [0, 0.05) is 12.0 Å². The number of rotatable bonds is 1. The molecule has 1 aliphatic heterocycles. The largest absolute Gasteiger partial charge is 0.493 e. The number of hydrogen-bond acceptors (Lipinski definition) is 3. The van der Waals surface area contributed by atoms with Gasteiger partial charge in [0.2, 0.25) is 5.95 Å². The van der Waals surface area contributed by atoms with Crippen LogP contribution in [0.3, 0.4) is 0 Å². The minimum absolute atomic E-state index is 0.0155. The molecule has 21 heavy (non-hydrogen) atoms. The normalized spacial score (nSPS) is 17.5. The average molecular weight is 283 g/mol. The summed E-state index contributed by atoms with van der Waals surface area (Å²) in [7, 11) is 0. The third-order valence-electron chi connectivity index (χ3n) is 3.94. The summed E-state index contributed by atoms with van der Waals surface area (Å²) in [5.41, 5.74) is 8.14. The number of anilines is 1. The van der Waals surface area contributed by atoms with Gasteiger partial charge in [0.15, 0.2) is 5.82 Å². The maximum Gasteiger partial charge on any atom is 0.201 e. The van der Waals surface area contributed by atoms with Gasteiger partial charge in [0.05, 0.1) is 18.2 Å². The average Bonchev–Trinajstić information content (AvgIpc) is 2.84. The van der Waals surface area contributed by atoms with Gasteiger partial charge in [0.1, 0.15) is 11.3 Å². The first kappa shape index (κ1) is 12.2. The van der Waals surface area contributed by atoms with Crippen LogP contribution >= 0.6 is 0 Å². The van der Waals surface area contributed by atoms with E-state index in [1.807, 2.05) is 34.9 Å². The lowest BCUT2D eigenvalue weighted by Crippen LogP contribution is -2.21. The second-order valence-corrected chi connectivity index (χ2v) is 5.14. The predicted molar refractivity (Wildman–Crippen MR) is 78.8 cm³/mol. The highest BCUT2D eigenvalue weighted by Crippen LogP contribution is 2.38. The van der Waals surface area contributed by atoms with E-state index in [2.05, 4.69) is 4.98 Å². The molecule has 1 aromatic heterocycles. The van der Waals surface area contributed by atoms with Crippen molar-refractivity contribution < 1.29 is 9.13 Å². The zero-order chi connectivity index (χ0) is 14.4. The number of para-hydroxylation sites is 2. The number of halogens is 1. The van der Waals surface area contributed by atoms with Gasteiger partial charge < -0.3 is 15.0 Å². The summed E-state index contributed by atoms with van der Waals surface area (Å²) in [5.74, 6) is 0.835. The van der Waals surface area contributed by atoms with Crippen LogP contribution in [0.4, 0.5) is 10.3 Å². The van der Waals surface area contributed by atoms with Crippen molar-refractivity contribution in [2.24, 2.45) is 0 Å². The molecule has 0 saturated carbocycles. The number of benzene rings is 2. The molecule has 1 atom stereocenters. The summed E-state index contributed by atoms with van der Waals surface area (Å²) in [4.78, 5) is 4.19. The molecule has 2 heterocycles. The van der Waals surface area contributed by atoms with Gasteiger partial charge >= 0.3 is 0 Å². The maximum absolute atomic E-state index is 13.9. The van der Waals surface area contributed by atoms with E-state index in [9.17, 15) is 4.39 Å². The summed E-state index contributed by atoms with van der Waals surface area (Å²) >= 11 is 0. The SMILES string of the molecule is Nc1nc2c(F)cccc2n1C1CCOc2ccccc21. The van der Waals surface area contributed by atoms with E-state index in [1.54, 1.807) is 6.07 Å². The van der Waals surface area contributed by atoms with Crippen molar-refractivity contribution in [3.8, 4) is 5.75 Å². The van der Waals surface area contributed by atoms with Gasteiger partial charge in [-0.1, -0.05) is 24.3 Å². The van der Waals surface area contributed by atoms with Crippen LogP contribution in [0.5, 0.6) is 5.75 Å². The molecule has 106 valence electrons. The van der Waals surface area contributed by atoms with Crippen molar-refractivity contribution in [1.29, 1.82) is 0 Å². The second-order valence-electron chi connectivity index (χ2n) is 5.14. The summed E-state index contributed by atoms with van der Waals surface area (Å²) in [5, 5.41) is 0. The molecule has 0 fully saturated rings. The fourth-order valence-corrected chi connectivity index (χ4v) is 3.02. The first-order valence-electron chi connectivity index (χ1n) is 6.89. The number of nitrogens with two attached hydrogens (primary N) is 1. The molecule has 1 aliphatic rings. The molecule has 2 N–H and O–H groups in total. The molecule has 0 bridgehead atoms. The lowest BCUT2D eigenvalue weighted by atomic mass is 10.00. The standard InChI is InChI=1S/C16H14FN3O/c17-11-5-3-6-13-15(11)19-16(18)20(13)12-8-9-21-14-7-2-1-4-10(12)14/h1-7,12H,8-9H2,(H2,18,19). The number of hydrogen-bond donors (Lipinski definition) is 1. The van der Waals surface area contributed by atoms with Crippen LogP contribution in [0.1, 0.15) is 18.0 Å². The quantitative estimate of drug-likeness (QED) is 0.746. The molecule has 4 nitrogen and oxygen atoms in total. The van der Waals surface area contributed by atoms with Gasteiger partial charge in [-0.15, -0.1) is 0 Å². The van der Waals surface area contributed by atoms with E-state index >= 15 is 0 Å². The highest BCUT2D eigenvalue weighted by atomic mass is 19.1. The van der Waals surface area contributed by atoms with E-state index in [0.717, 1.165) is 17.7 Å². The Labute approximate surface area is 121 Å². The minimum atomic E-state index is -0.349. The molecule has 3 aromatic rings. The van der Waals surface area contributed by atoms with E-state index in [0.29, 0.717) is 23.6 Å². The highest BCUT2D eigenvalue weighted by Gasteiger charge is 2.26. The van der Waals surface area contributed by atoms with Gasteiger partial charge in [0.25, 0.3) is 0 Å². The smallest absolute Gasteiger partial charge is 0.201 e. The predicted octanol–water partition coefficient (Wildman–Crippen LogP) is 3.13. The van der Waals surface area contributed by atoms with Crippen LogP contribution < -0.4 is 10.5 Å². The van der Waals surface area contributed by atoms with Crippen molar-refractivity contribution in [3.63, 3.8) is 0 Å². The molecule has 5 heteroatoms. The lowest BCUT2D eigenvalue weighted by Gasteiger charge is -2.28. The second kappa shape index (κ2) is 4.48. The summed E-state index contributed by atoms with van der Waals surface area (Å²) in [6.07, 6.45) is 0.781. The molecule has 2 aromatic carbocycles. The molecule has 0 radical (unpaired) electrons. The van der Waals surface area contributed by atoms with Crippen LogP contribution in [-0.4, -0.2) is 16.2 Å². The Kier molecular flexibility index (Phi) is 2.60. The zero-order valence-corrected chi connectivity index (χ0v) is 11.3. The van der Waals surface area contributed by atoms with Gasteiger partial charge in [-0.25, -0.2) is 9.37 Å². The Hall–Kier alpha value is -2.56. The Morgan fingerprint density at radius 1 is 1.19 bits per heavy atom. The van der Waals surface area contributed by atoms with Gasteiger partial charge in [-0.2, -0.15) is 0 Å². The molecule has 1 unspecified atom stereocenters. The first-order valence-corrected chi connectivity index (χ1v) is 6.89. The molecular formula is C16H14FN3O. The van der Waals surface area contributed by atoms with Crippen LogP contribution in [0.2, 0.25) is 0 Å². The summed E-state index contributed by atoms with van der Waals surface area (Å²) in [6.45, 7) is 0.607. The van der Waals surface area contributed by atoms with E-state index in [-0.39, 0.29) is 11.9 Å². The number of fused-ring (bicyclic) bond motifs is 2. The highest BCUT2D eigenvalue weighted by molar-refractivity contribution is 5.79. The van der Waals surface area contributed by atoms with Gasteiger partial charge in [-0.05, 0) is 18.2 Å². The van der Waals surface area contributed by atoms with Crippen molar-refractivity contribution in [1.82, 2.24) is 9.55 Å². The summed E-state index contributed by atoms with van der Waals surface area (Å²) < 4.78 is 21.5. The number of ether oxygens (including phenoxy) is 1. The molecule has 0 saturated heterocycles. The van der Waals surface area contributed by atoms with Crippen LogP contribution in [0, 0.1) is 5.82 Å². The van der Waals surface area contributed by atoms with Crippen molar-refractivity contribution >= 4 is 17.0 Å². The molecule has 0 amide bonds. The Bertz CT molecular complexity index is 828. The van der Waals surface area contributed by atoms with E-state index in [1.165, 1.54) is 6.07 Å². The first-order chi connectivity index (χ1) is 10.3. The Balaban J connectivity index is 1.96. The number of nitrogens with zero attached hydrogens (tertiary/aromatic N) is 2. The Morgan fingerprint density at radius 3 is 2.95 bits per heavy atom. The lowest BCUT2D eigenvalue weighted by molar-refractivity contribution is 0.259. The van der Waals surface area contributed by atoms with E-state index in [4.69, 9.17) is 10.5 Å². The number of nitrogen functional groups attached to an aromatic ring is 1.